The van der Waals surface area contributed by atoms with Crippen molar-refractivity contribution in [3.8, 4) is 5.75 Å². The lowest BCUT2D eigenvalue weighted by atomic mass is 10.0. The molecule has 0 fully saturated rings. The van der Waals surface area contributed by atoms with Crippen LogP contribution in [0.15, 0.2) is 18.2 Å². The van der Waals surface area contributed by atoms with Gasteiger partial charge in [0.1, 0.15) is 5.75 Å². The van der Waals surface area contributed by atoms with Crippen LogP contribution in [0.5, 0.6) is 5.75 Å². The second-order valence-corrected chi connectivity index (χ2v) is 5.98. The molecule has 4 heteroatoms. The Balaban J connectivity index is 2.50. The predicted molar refractivity (Wildman–Crippen MR) is 69.7 cm³/mol. The van der Waals surface area contributed by atoms with Gasteiger partial charge in [-0.1, -0.05) is 6.07 Å². The molecule has 15 heavy (non-hydrogen) atoms. The maximum absolute atomic E-state index is 5.76. The average Bonchev–Trinajstić information content (AvgIpc) is 2.27. The van der Waals surface area contributed by atoms with Crippen molar-refractivity contribution in [3.63, 3.8) is 0 Å². The van der Waals surface area contributed by atoms with Crippen LogP contribution in [0.1, 0.15) is 12.0 Å². The molecule has 82 valence electrons. The minimum absolute atomic E-state index is 0.140. The van der Waals surface area contributed by atoms with Crippen LogP contribution < -0.4 is 10.5 Å². The summed E-state index contributed by atoms with van der Waals surface area (Å²) < 4.78 is 5.80. The van der Waals surface area contributed by atoms with Gasteiger partial charge in [-0.2, -0.15) is 0 Å². The fourth-order valence-electron chi connectivity index (χ4n) is 1.91. The van der Waals surface area contributed by atoms with Crippen molar-refractivity contribution in [3.05, 3.63) is 23.8 Å². The third-order valence-electron chi connectivity index (χ3n) is 2.76. The molecule has 1 aliphatic heterocycles. The second kappa shape index (κ2) is 4.18. The minimum Gasteiger partial charge on any atom is -0.493 e. The number of fused-ring (bicyclic) bond motifs is 1. The van der Waals surface area contributed by atoms with Crippen LogP contribution in [0.3, 0.4) is 0 Å². The van der Waals surface area contributed by atoms with Gasteiger partial charge in [0.05, 0.1) is 10.7 Å². The van der Waals surface area contributed by atoms with E-state index < -0.39 is 0 Å². The molecule has 2 nitrogen and oxygen atoms in total. The van der Waals surface area contributed by atoms with Gasteiger partial charge in [0.2, 0.25) is 0 Å². The Bertz CT molecular complexity index is 364. The zero-order valence-corrected chi connectivity index (χ0v) is 10.6. The van der Waals surface area contributed by atoms with Gasteiger partial charge in [0, 0.05) is 23.7 Å². The van der Waals surface area contributed by atoms with Crippen LogP contribution in [0.2, 0.25) is 0 Å². The summed E-state index contributed by atoms with van der Waals surface area (Å²) >= 11 is 3.77. The molecule has 0 aromatic heterocycles. The van der Waals surface area contributed by atoms with E-state index >= 15 is 0 Å². The summed E-state index contributed by atoms with van der Waals surface area (Å²) in [5, 5.41) is 0. The third-order valence-corrected chi connectivity index (χ3v) is 5.93. The fraction of sp³-hybridized carbons (Fsp3) is 0.455. The molecule has 0 radical (unpaired) electrons. The Morgan fingerprint density at radius 3 is 2.73 bits per heavy atom. The van der Waals surface area contributed by atoms with E-state index in [0.717, 1.165) is 24.5 Å². The first-order valence-electron chi connectivity index (χ1n) is 4.85. The Hall–Kier alpha value is -0.480. The predicted octanol–water partition coefficient (Wildman–Crippen LogP) is 2.93. The van der Waals surface area contributed by atoms with Crippen molar-refractivity contribution in [1.82, 2.24) is 0 Å². The van der Waals surface area contributed by atoms with E-state index in [1.165, 1.54) is 5.56 Å². The highest BCUT2D eigenvalue weighted by molar-refractivity contribution is 8.16. The molecule has 0 amide bonds. The smallest absolute Gasteiger partial charge is 0.126 e. The first-order valence-corrected chi connectivity index (χ1v) is 7.30. The highest BCUT2D eigenvalue weighted by atomic mass is 32.2. The molecule has 1 aromatic carbocycles. The molecule has 0 aliphatic carbocycles. The third kappa shape index (κ3) is 1.81. The van der Waals surface area contributed by atoms with Crippen molar-refractivity contribution in [2.45, 2.75) is 10.5 Å². The molecule has 0 unspecified atom stereocenters. The van der Waals surface area contributed by atoms with E-state index in [0.29, 0.717) is 0 Å². The van der Waals surface area contributed by atoms with E-state index in [4.69, 9.17) is 10.5 Å². The number of benzene rings is 1. The highest BCUT2D eigenvalue weighted by Crippen LogP contribution is 2.52. The van der Waals surface area contributed by atoms with Gasteiger partial charge in [0.15, 0.2) is 0 Å². The zero-order valence-electron chi connectivity index (χ0n) is 8.95. The molecular formula is C11H15NOS2. The standard InChI is InChI=1S/C11H15NOS2/c1-14-11(15-2)5-6-13-10-7-8(12)3-4-9(10)11/h3-4,7H,5-6,12H2,1-2H3. The van der Waals surface area contributed by atoms with Crippen LogP contribution in [-0.2, 0) is 4.08 Å². The number of hydrogen-bond acceptors (Lipinski definition) is 4. The lowest BCUT2D eigenvalue weighted by Crippen LogP contribution is -2.26. The van der Waals surface area contributed by atoms with Crippen molar-refractivity contribution in [1.29, 1.82) is 0 Å². The summed E-state index contributed by atoms with van der Waals surface area (Å²) in [5.41, 5.74) is 7.80. The molecule has 1 aliphatic rings. The largest absolute Gasteiger partial charge is 0.493 e. The summed E-state index contributed by atoms with van der Waals surface area (Å²) in [6.07, 6.45) is 5.36. The summed E-state index contributed by atoms with van der Waals surface area (Å²) in [5.74, 6) is 0.949. The van der Waals surface area contributed by atoms with Crippen LogP contribution in [0, 0.1) is 0 Å². The van der Waals surface area contributed by atoms with Gasteiger partial charge in [-0.15, -0.1) is 23.5 Å². The molecule has 0 saturated carbocycles. The first-order chi connectivity index (χ1) is 7.22. The van der Waals surface area contributed by atoms with Gasteiger partial charge >= 0.3 is 0 Å². The van der Waals surface area contributed by atoms with Crippen molar-refractivity contribution >= 4 is 29.2 Å². The first kappa shape index (κ1) is 11.0. The van der Waals surface area contributed by atoms with Gasteiger partial charge in [-0.25, -0.2) is 0 Å². The number of anilines is 1. The number of nitrogens with two attached hydrogens (primary N) is 1. The lowest BCUT2D eigenvalue weighted by Gasteiger charge is -2.36. The summed E-state index contributed by atoms with van der Waals surface area (Å²) in [7, 11) is 0. The molecule has 0 saturated heterocycles. The van der Waals surface area contributed by atoms with Gasteiger partial charge in [0.25, 0.3) is 0 Å². The van der Waals surface area contributed by atoms with Crippen LogP contribution >= 0.6 is 23.5 Å². The number of rotatable bonds is 2. The minimum atomic E-state index is 0.140. The van der Waals surface area contributed by atoms with Crippen molar-refractivity contribution in [2.75, 3.05) is 24.9 Å². The van der Waals surface area contributed by atoms with Gasteiger partial charge in [-0.05, 0) is 18.6 Å². The van der Waals surface area contributed by atoms with Crippen LogP contribution in [-0.4, -0.2) is 19.1 Å². The molecular weight excluding hydrogens is 226 g/mol. The van der Waals surface area contributed by atoms with Crippen molar-refractivity contribution < 1.29 is 4.74 Å². The Labute approximate surface area is 98.9 Å². The SMILES string of the molecule is CSC1(SC)CCOc2cc(N)ccc21. The number of hydrogen-bond donors (Lipinski definition) is 1. The van der Waals surface area contributed by atoms with E-state index in [2.05, 4.69) is 18.6 Å². The van der Waals surface area contributed by atoms with E-state index in [1.54, 1.807) is 0 Å². The van der Waals surface area contributed by atoms with E-state index in [9.17, 15) is 0 Å². The maximum Gasteiger partial charge on any atom is 0.126 e. The topological polar surface area (TPSA) is 35.2 Å². The molecule has 2 N–H and O–H groups in total. The zero-order chi connectivity index (χ0) is 10.9. The molecule has 2 rings (SSSR count). The average molecular weight is 241 g/mol. The Kier molecular flexibility index (Phi) is 3.07. The number of ether oxygens (including phenoxy) is 1. The normalized spacial score (nSPS) is 18.0. The lowest BCUT2D eigenvalue weighted by molar-refractivity contribution is 0.280. The van der Waals surface area contributed by atoms with Gasteiger partial charge < -0.3 is 10.5 Å². The van der Waals surface area contributed by atoms with E-state index in [-0.39, 0.29) is 4.08 Å². The van der Waals surface area contributed by atoms with Crippen molar-refractivity contribution in [2.24, 2.45) is 0 Å². The quantitative estimate of drug-likeness (QED) is 0.638. The summed E-state index contributed by atoms with van der Waals surface area (Å²) in [6, 6.07) is 5.97. The molecule has 0 spiro atoms. The number of nitrogen functional groups attached to an aromatic ring is 1. The Morgan fingerprint density at radius 2 is 2.07 bits per heavy atom. The monoisotopic (exact) mass is 241 g/mol. The number of thioether (sulfide) groups is 2. The highest BCUT2D eigenvalue weighted by Gasteiger charge is 2.36. The summed E-state index contributed by atoms with van der Waals surface area (Å²) in [6.45, 7) is 0.776. The molecule has 0 bridgehead atoms. The molecule has 1 aromatic rings. The van der Waals surface area contributed by atoms with E-state index in [1.807, 2.05) is 35.7 Å². The van der Waals surface area contributed by atoms with Gasteiger partial charge in [-0.3, -0.25) is 0 Å². The van der Waals surface area contributed by atoms with Crippen LogP contribution in [0.4, 0.5) is 5.69 Å². The maximum atomic E-state index is 5.76. The molecule has 0 atom stereocenters. The van der Waals surface area contributed by atoms with Crippen LogP contribution in [0.25, 0.3) is 0 Å². The Morgan fingerprint density at radius 1 is 1.33 bits per heavy atom. The fourth-order valence-corrected chi connectivity index (χ4v) is 3.93. The summed E-state index contributed by atoms with van der Waals surface area (Å²) in [4.78, 5) is 0. The molecule has 1 heterocycles. The second-order valence-electron chi connectivity index (χ2n) is 3.52.